The molecule has 0 N–H and O–H groups in total. The van der Waals surface area contributed by atoms with Gasteiger partial charge in [0.2, 0.25) is 0 Å². The maximum atomic E-state index is 12.7. The predicted octanol–water partition coefficient (Wildman–Crippen LogP) is 2.23. The highest BCUT2D eigenvalue weighted by Crippen LogP contribution is 2.22. The molecule has 0 saturated carbocycles. The van der Waals surface area contributed by atoms with Crippen LogP contribution in [0.25, 0.3) is 0 Å². The van der Waals surface area contributed by atoms with Gasteiger partial charge in [0.15, 0.2) is 4.90 Å². The zero-order valence-electron chi connectivity index (χ0n) is 5.89. The Morgan fingerprint density at radius 2 is 1.54 bits per heavy atom. The molecule has 1 aromatic rings. The third-order valence-electron chi connectivity index (χ3n) is 1.21. The molecule has 0 heterocycles. The highest BCUT2D eigenvalue weighted by molar-refractivity contribution is 14.1. The summed E-state index contributed by atoms with van der Waals surface area (Å²) in [6.45, 7) is 0. The van der Waals surface area contributed by atoms with Crippen molar-refractivity contribution < 1.29 is 21.1 Å². The van der Waals surface area contributed by atoms with E-state index in [2.05, 4.69) is 0 Å². The second-order valence-corrected chi connectivity index (χ2v) is 4.67. The number of hydrogen-bond acceptors (Lipinski definition) is 2. The molecular formula is C6H2F3IO2S. The zero-order valence-corrected chi connectivity index (χ0v) is 8.87. The monoisotopic (exact) mass is 322 g/mol. The minimum absolute atomic E-state index is 0.153. The Kier molecular flexibility index (Phi) is 2.85. The second-order valence-electron chi connectivity index (χ2n) is 2.14. The van der Waals surface area contributed by atoms with Crippen molar-refractivity contribution in [3.05, 3.63) is 27.3 Å². The van der Waals surface area contributed by atoms with Crippen LogP contribution in [-0.2, 0) is 10.2 Å². The van der Waals surface area contributed by atoms with E-state index in [4.69, 9.17) is 0 Å². The van der Waals surface area contributed by atoms with E-state index in [-0.39, 0.29) is 3.57 Å². The minimum atomic E-state index is -5.33. The number of benzene rings is 1. The van der Waals surface area contributed by atoms with Gasteiger partial charge in [-0.2, -0.15) is 8.42 Å². The number of halogens is 4. The molecule has 0 aliphatic rings. The average molecular weight is 322 g/mol. The molecule has 7 heteroatoms. The molecule has 1 aromatic carbocycles. The lowest BCUT2D eigenvalue weighted by Gasteiger charge is -1.99. The molecule has 13 heavy (non-hydrogen) atoms. The fourth-order valence-corrected chi connectivity index (χ4v) is 1.89. The van der Waals surface area contributed by atoms with Crippen LogP contribution in [0.5, 0.6) is 0 Å². The predicted molar refractivity (Wildman–Crippen MR) is 47.4 cm³/mol. The highest BCUT2D eigenvalue weighted by Gasteiger charge is 2.23. The van der Waals surface area contributed by atoms with Crippen molar-refractivity contribution in [2.45, 2.75) is 4.90 Å². The van der Waals surface area contributed by atoms with E-state index < -0.39 is 26.8 Å². The van der Waals surface area contributed by atoms with Crippen molar-refractivity contribution in [2.75, 3.05) is 0 Å². The summed E-state index contributed by atoms with van der Waals surface area (Å²) in [6.07, 6.45) is 0. The first kappa shape index (κ1) is 10.8. The smallest absolute Gasteiger partial charge is 0.205 e. The standard InChI is InChI=1S/C6H2F3IO2S/c7-4-1-3(10)2-5(8)6(4)13(9,11)12/h1-2H. The molecule has 0 unspecified atom stereocenters. The van der Waals surface area contributed by atoms with E-state index in [9.17, 15) is 21.1 Å². The van der Waals surface area contributed by atoms with Crippen LogP contribution in [0, 0.1) is 15.2 Å². The van der Waals surface area contributed by atoms with Gasteiger partial charge in [0.1, 0.15) is 11.6 Å². The topological polar surface area (TPSA) is 34.1 Å². The van der Waals surface area contributed by atoms with E-state index in [1.807, 2.05) is 0 Å². The molecule has 0 spiro atoms. The van der Waals surface area contributed by atoms with Gasteiger partial charge >= 0.3 is 10.2 Å². The Bertz CT molecular complexity index is 420. The van der Waals surface area contributed by atoms with Crippen LogP contribution >= 0.6 is 22.6 Å². The summed E-state index contributed by atoms with van der Waals surface area (Å²) < 4.78 is 58.4. The molecule has 72 valence electrons. The summed E-state index contributed by atoms with van der Waals surface area (Å²) in [7, 11) is -5.33. The van der Waals surface area contributed by atoms with Gasteiger partial charge in [-0.05, 0) is 34.7 Å². The first-order valence-corrected chi connectivity index (χ1v) is 5.38. The van der Waals surface area contributed by atoms with Gasteiger partial charge in [0.25, 0.3) is 0 Å². The lowest BCUT2D eigenvalue weighted by molar-refractivity contribution is 0.499. The first-order valence-electron chi connectivity index (χ1n) is 2.91. The van der Waals surface area contributed by atoms with E-state index in [1.54, 1.807) is 22.6 Å². The molecule has 2 nitrogen and oxygen atoms in total. The maximum Gasteiger partial charge on any atom is 0.337 e. The van der Waals surface area contributed by atoms with Gasteiger partial charge in [-0.25, -0.2) is 8.78 Å². The van der Waals surface area contributed by atoms with Crippen molar-refractivity contribution in [2.24, 2.45) is 0 Å². The van der Waals surface area contributed by atoms with Crippen molar-refractivity contribution in [1.29, 1.82) is 0 Å². The van der Waals surface area contributed by atoms with E-state index in [1.165, 1.54) is 0 Å². The van der Waals surface area contributed by atoms with Gasteiger partial charge in [-0.3, -0.25) is 0 Å². The van der Waals surface area contributed by atoms with Gasteiger partial charge in [-0.15, -0.1) is 3.89 Å². The van der Waals surface area contributed by atoms with Gasteiger partial charge in [0, 0.05) is 3.57 Å². The van der Waals surface area contributed by atoms with Crippen LogP contribution in [0.15, 0.2) is 17.0 Å². The Morgan fingerprint density at radius 3 is 1.85 bits per heavy atom. The third kappa shape index (κ3) is 2.33. The van der Waals surface area contributed by atoms with Crippen molar-refractivity contribution >= 4 is 32.8 Å². The van der Waals surface area contributed by atoms with Crippen LogP contribution in [0.2, 0.25) is 0 Å². The Hall–Kier alpha value is -0.310. The Labute approximate surface area is 86.1 Å². The summed E-state index contributed by atoms with van der Waals surface area (Å²) in [5, 5.41) is 0. The summed E-state index contributed by atoms with van der Waals surface area (Å²) in [6, 6.07) is 1.46. The molecule has 0 saturated heterocycles. The van der Waals surface area contributed by atoms with Gasteiger partial charge < -0.3 is 0 Å². The number of hydrogen-bond donors (Lipinski definition) is 0. The van der Waals surface area contributed by atoms with Crippen LogP contribution in [0.3, 0.4) is 0 Å². The number of rotatable bonds is 1. The lowest BCUT2D eigenvalue weighted by Crippen LogP contribution is -2.01. The summed E-state index contributed by atoms with van der Waals surface area (Å²) in [5.41, 5.74) is 0. The van der Waals surface area contributed by atoms with Gasteiger partial charge in [-0.1, -0.05) is 0 Å². The molecule has 0 atom stereocenters. The third-order valence-corrected chi connectivity index (χ3v) is 2.71. The maximum absolute atomic E-state index is 12.7. The van der Waals surface area contributed by atoms with Crippen LogP contribution < -0.4 is 0 Å². The first-order chi connectivity index (χ1) is 5.82. The minimum Gasteiger partial charge on any atom is -0.205 e. The highest BCUT2D eigenvalue weighted by atomic mass is 127. The molecule has 0 aromatic heterocycles. The molecule has 0 aliphatic heterocycles. The summed E-state index contributed by atoms with van der Waals surface area (Å²) >= 11 is 1.58. The summed E-state index contributed by atoms with van der Waals surface area (Å²) in [5.74, 6) is -2.85. The largest absolute Gasteiger partial charge is 0.337 e. The van der Waals surface area contributed by atoms with Crippen molar-refractivity contribution in [3.63, 3.8) is 0 Å². The summed E-state index contributed by atoms with van der Waals surface area (Å²) in [4.78, 5) is -1.53. The van der Waals surface area contributed by atoms with Crippen molar-refractivity contribution in [1.82, 2.24) is 0 Å². The van der Waals surface area contributed by atoms with Crippen LogP contribution in [0.4, 0.5) is 12.7 Å². The zero-order chi connectivity index (χ0) is 10.2. The molecular weight excluding hydrogens is 320 g/mol. The molecule has 1 rings (SSSR count). The molecule has 0 aliphatic carbocycles. The van der Waals surface area contributed by atoms with Crippen LogP contribution in [0.1, 0.15) is 0 Å². The van der Waals surface area contributed by atoms with Gasteiger partial charge in [0.05, 0.1) is 0 Å². The van der Waals surface area contributed by atoms with Crippen molar-refractivity contribution in [3.8, 4) is 0 Å². The van der Waals surface area contributed by atoms with E-state index in [0.717, 1.165) is 12.1 Å². The molecule has 0 radical (unpaired) electrons. The fraction of sp³-hybridized carbons (Fsp3) is 0. The lowest BCUT2D eigenvalue weighted by atomic mass is 10.3. The Morgan fingerprint density at radius 1 is 1.15 bits per heavy atom. The Balaban J connectivity index is 3.57. The SMILES string of the molecule is O=S(=O)(F)c1c(F)cc(I)cc1F. The molecule has 0 amide bonds. The fourth-order valence-electron chi connectivity index (χ4n) is 0.762. The normalized spacial score (nSPS) is 11.7. The molecule has 0 bridgehead atoms. The van der Waals surface area contributed by atoms with Crippen LogP contribution in [-0.4, -0.2) is 8.42 Å². The second kappa shape index (κ2) is 3.45. The quantitative estimate of drug-likeness (QED) is 0.587. The van der Waals surface area contributed by atoms with E-state index >= 15 is 0 Å². The average Bonchev–Trinajstić information content (AvgIpc) is 1.78. The van der Waals surface area contributed by atoms with E-state index in [0.29, 0.717) is 0 Å². The molecule has 0 fully saturated rings.